The maximum absolute atomic E-state index is 6.57. The Morgan fingerprint density at radius 1 is 0.489 bits per heavy atom. The van der Waals surface area contributed by atoms with Crippen LogP contribution in [0.1, 0.15) is 0 Å². The van der Waals surface area contributed by atoms with Gasteiger partial charge in [-0.2, -0.15) is 0 Å². The van der Waals surface area contributed by atoms with Crippen molar-refractivity contribution in [3.8, 4) is 28.2 Å². The van der Waals surface area contributed by atoms with Crippen LogP contribution < -0.4 is 4.90 Å². The fraction of sp³-hybridized carbons (Fsp3) is 0. The first-order valence-electron chi connectivity index (χ1n) is 15.1. The molecule has 4 heterocycles. The highest BCUT2D eigenvalue weighted by molar-refractivity contribution is 6.26. The Morgan fingerprint density at radius 2 is 1.11 bits per heavy atom. The van der Waals surface area contributed by atoms with Gasteiger partial charge in [-0.25, -0.2) is 9.97 Å². The van der Waals surface area contributed by atoms with Crippen LogP contribution in [0.25, 0.3) is 71.9 Å². The molecule has 0 unspecified atom stereocenters. The summed E-state index contributed by atoms with van der Waals surface area (Å²) in [5.74, 6) is 0.626. The Labute approximate surface area is 258 Å². The number of para-hydroxylation sites is 4. The normalized spacial score (nSPS) is 12.4. The van der Waals surface area contributed by atoms with Gasteiger partial charge in [0.05, 0.1) is 44.9 Å². The first-order chi connectivity index (χ1) is 22.3. The van der Waals surface area contributed by atoms with Gasteiger partial charge in [0.25, 0.3) is 0 Å². The molecule has 45 heavy (non-hydrogen) atoms. The summed E-state index contributed by atoms with van der Waals surface area (Å²) < 4.78 is 8.94. The molecule has 5 nitrogen and oxygen atoms in total. The van der Waals surface area contributed by atoms with Crippen LogP contribution in [0.4, 0.5) is 17.3 Å². The van der Waals surface area contributed by atoms with E-state index in [2.05, 4.69) is 107 Å². The van der Waals surface area contributed by atoms with Crippen molar-refractivity contribution in [2.24, 2.45) is 0 Å². The second-order valence-corrected chi connectivity index (χ2v) is 11.4. The molecule has 0 atom stereocenters. The van der Waals surface area contributed by atoms with Gasteiger partial charge in [-0.1, -0.05) is 103 Å². The van der Waals surface area contributed by atoms with Crippen LogP contribution in [0.2, 0.25) is 0 Å². The van der Waals surface area contributed by atoms with Crippen LogP contribution in [-0.2, 0) is 0 Å². The van der Waals surface area contributed by atoms with Crippen LogP contribution in [0.3, 0.4) is 0 Å². The molecule has 3 aromatic heterocycles. The number of benzene rings is 6. The van der Waals surface area contributed by atoms with Crippen LogP contribution in [0.5, 0.6) is 0 Å². The van der Waals surface area contributed by atoms with Crippen molar-refractivity contribution in [1.29, 1.82) is 0 Å². The molecular formula is C40H24N4O. The highest BCUT2D eigenvalue weighted by Gasteiger charge is 2.31. The zero-order chi connectivity index (χ0) is 29.5. The van der Waals surface area contributed by atoms with Gasteiger partial charge in [0.15, 0.2) is 0 Å². The average molecular weight is 577 g/mol. The van der Waals surface area contributed by atoms with Gasteiger partial charge in [0.1, 0.15) is 11.2 Å². The minimum Gasteiger partial charge on any atom is -0.455 e. The summed E-state index contributed by atoms with van der Waals surface area (Å²) in [6.07, 6.45) is 0. The second-order valence-electron chi connectivity index (χ2n) is 11.4. The summed E-state index contributed by atoms with van der Waals surface area (Å²) in [5.41, 5.74) is 11.0. The molecule has 0 aliphatic carbocycles. The van der Waals surface area contributed by atoms with Crippen LogP contribution in [-0.4, -0.2) is 14.5 Å². The fourth-order valence-electron chi connectivity index (χ4n) is 6.98. The van der Waals surface area contributed by atoms with Gasteiger partial charge in [-0.3, -0.25) is 4.90 Å². The monoisotopic (exact) mass is 576 g/mol. The molecule has 0 bridgehead atoms. The smallest absolute Gasteiger partial charge is 0.235 e. The van der Waals surface area contributed by atoms with Crippen molar-refractivity contribution in [3.05, 3.63) is 146 Å². The lowest BCUT2D eigenvalue weighted by molar-refractivity contribution is 0.673. The minimum absolute atomic E-state index is 0.626. The van der Waals surface area contributed by atoms with E-state index in [1.165, 1.54) is 0 Å². The lowest BCUT2D eigenvalue weighted by Crippen LogP contribution is -2.20. The molecular weight excluding hydrogens is 552 g/mol. The fourth-order valence-corrected chi connectivity index (χ4v) is 6.98. The number of anilines is 3. The quantitative estimate of drug-likeness (QED) is 0.210. The number of aromatic nitrogens is 3. The van der Waals surface area contributed by atoms with Crippen molar-refractivity contribution >= 4 is 61.1 Å². The number of hydrogen-bond donors (Lipinski definition) is 0. The van der Waals surface area contributed by atoms with E-state index in [4.69, 9.17) is 14.4 Å². The molecule has 6 aromatic carbocycles. The highest BCUT2D eigenvalue weighted by atomic mass is 16.3. The van der Waals surface area contributed by atoms with E-state index >= 15 is 0 Å². The van der Waals surface area contributed by atoms with E-state index in [0.717, 1.165) is 83.3 Å². The number of furan rings is 1. The first kappa shape index (κ1) is 24.3. The van der Waals surface area contributed by atoms with Gasteiger partial charge >= 0.3 is 0 Å². The molecule has 10 rings (SSSR count). The molecule has 0 saturated heterocycles. The lowest BCUT2D eigenvalue weighted by Gasteiger charge is -2.31. The number of rotatable bonds is 3. The second kappa shape index (κ2) is 9.15. The Bertz CT molecular complexity index is 2540. The molecule has 9 aromatic rings. The minimum atomic E-state index is 0.626. The Kier molecular flexibility index (Phi) is 4.93. The Balaban J connectivity index is 1.31. The van der Waals surface area contributed by atoms with E-state index < -0.39 is 0 Å². The summed E-state index contributed by atoms with van der Waals surface area (Å²) in [7, 11) is 0. The van der Waals surface area contributed by atoms with Gasteiger partial charge in [-0.05, 0) is 42.5 Å². The highest BCUT2D eigenvalue weighted by Crippen LogP contribution is 2.50. The lowest BCUT2D eigenvalue weighted by atomic mass is 10.1. The van der Waals surface area contributed by atoms with E-state index in [1.807, 2.05) is 48.5 Å². The molecule has 1 aliphatic rings. The largest absolute Gasteiger partial charge is 0.455 e. The Hall–Kier alpha value is -6.20. The van der Waals surface area contributed by atoms with Gasteiger partial charge in [0, 0.05) is 27.3 Å². The molecule has 0 amide bonds. The van der Waals surface area contributed by atoms with Crippen molar-refractivity contribution in [2.75, 3.05) is 4.90 Å². The maximum atomic E-state index is 6.57. The summed E-state index contributed by atoms with van der Waals surface area (Å²) >= 11 is 0. The standard InChI is InChI=1S/C40H24N4O/c1-3-12-25(13-4-1)30-24-31(26-14-5-2-6-15-26)42-40(41-30)44-33-19-9-8-18-32(33)43-34-23-22-28-27-16-7-10-21-36(27)45-39(28)37(34)29-17-11-20-35(44)38(29)43/h1-24H. The van der Waals surface area contributed by atoms with Gasteiger partial charge in [-0.15, -0.1) is 0 Å². The molecule has 0 N–H and O–H groups in total. The summed E-state index contributed by atoms with van der Waals surface area (Å²) in [4.78, 5) is 12.7. The molecule has 5 heteroatoms. The number of fused-ring (bicyclic) bond motifs is 9. The van der Waals surface area contributed by atoms with Crippen LogP contribution >= 0.6 is 0 Å². The van der Waals surface area contributed by atoms with E-state index in [9.17, 15) is 0 Å². The molecule has 0 fully saturated rings. The predicted molar refractivity (Wildman–Crippen MR) is 183 cm³/mol. The van der Waals surface area contributed by atoms with E-state index in [0.29, 0.717) is 5.95 Å². The topological polar surface area (TPSA) is 47.1 Å². The molecule has 210 valence electrons. The zero-order valence-corrected chi connectivity index (χ0v) is 24.1. The SMILES string of the molecule is c1ccc(-c2cc(-c3ccccc3)nc(N3c4ccccc4-n4c5ccc6c7ccccc7oc6c5c5cccc3c54)n2)cc1. The average Bonchev–Trinajstić information content (AvgIpc) is 3.66. The number of hydrogen-bond acceptors (Lipinski definition) is 4. The van der Waals surface area contributed by atoms with Gasteiger partial charge < -0.3 is 8.98 Å². The summed E-state index contributed by atoms with van der Waals surface area (Å²) in [5, 5.41) is 4.50. The third kappa shape index (κ3) is 3.43. The third-order valence-electron chi connectivity index (χ3n) is 8.93. The van der Waals surface area contributed by atoms with Crippen molar-refractivity contribution in [3.63, 3.8) is 0 Å². The van der Waals surface area contributed by atoms with Crippen molar-refractivity contribution in [1.82, 2.24) is 14.5 Å². The van der Waals surface area contributed by atoms with Crippen molar-refractivity contribution in [2.45, 2.75) is 0 Å². The van der Waals surface area contributed by atoms with Crippen molar-refractivity contribution < 1.29 is 4.42 Å². The zero-order valence-electron chi connectivity index (χ0n) is 24.1. The van der Waals surface area contributed by atoms with E-state index in [1.54, 1.807) is 0 Å². The molecule has 0 radical (unpaired) electrons. The third-order valence-corrected chi connectivity index (χ3v) is 8.93. The first-order valence-corrected chi connectivity index (χ1v) is 15.1. The van der Waals surface area contributed by atoms with Crippen LogP contribution in [0, 0.1) is 0 Å². The molecule has 0 spiro atoms. The maximum Gasteiger partial charge on any atom is 0.235 e. The Morgan fingerprint density at radius 3 is 1.87 bits per heavy atom. The summed E-state index contributed by atoms with van der Waals surface area (Å²) in [6, 6.07) is 50.5. The summed E-state index contributed by atoms with van der Waals surface area (Å²) in [6.45, 7) is 0. The van der Waals surface area contributed by atoms with Gasteiger partial charge in [0.2, 0.25) is 5.95 Å². The molecule has 1 aliphatic heterocycles. The number of nitrogens with zero attached hydrogens (tertiary/aromatic N) is 4. The predicted octanol–water partition coefficient (Wildman–Crippen LogP) is 10.6. The van der Waals surface area contributed by atoms with E-state index in [-0.39, 0.29) is 0 Å². The molecule has 0 saturated carbocycles. The van der Waals surface area contributed by atoms with Crippen LogP contribution in [0.15, 0.2) is 150 Å².